The number of aromatic nitrogens is 1. The Bertz CT molecular complexity index is 1650. The van der Waals surface area contributed by atoms with E-state index in [1.54, 1.807) is 24.3 Å². The molecule has 244 valence electrons. The van der Waals surface area contributed by atoms with Crippen molar-refractivity contribution in [3.63, 3.8) is 0 Å². The van der Waals surface area contributed by atoms with Crippen LogP contribution in [0.2, 0.25) is 10.0 Å². The van der Waals surface area contributed by atoms with E-state index in [0.29, 0.717) is 46.6 Å². The molecule has 2 aliphatic heterocycles. The number of amides is 1. The number of nitrogens with one attached hydrogen (secondary N) is 1. The largest absolute Gasteiger partial charge is 0.492 e. The van der Waals surface area contributed by atoms with Crippen LogP contribution in [0.5, 0.6) is 11.5 Å². The highest BCUT2D eigenvalue weighted by molar-refractivity contribution is 6.42. The number of carbonyl (C=O) groups excluding carboxylic acids is 1. The zero-order chi connectivity index (χ0) is 32.2. The number of nitrogens with zero attached hydrogens (tertiary/aromatic N) is 3. The molecule has 0 aliphatic carbocycles. The van der Waals surface area contributed by atoms with Crippen molar-refractivity contribution in [3.05, 3.63) is 93.8 Å². The van der Waals surface area contributed by atoms with Gasteiger partial charge in [0, 0.05) is 62.9 Å². The van der Waals surface area contributed by atoms with Crippen molar-refractivity contribution in [2.45, 2.75) is 64.4 Å². The van der Waals surface area contributed by atoms with Gasteiger partial charge in [0.25, 0.3) is 5.91 Å². The van der Waals surface area contributed by atoms with Crippen LogP contribution in [0, 0.1) is 5.82 Å². The van der Waals surface area contributed by atoms with Gasteiger partial charge >= 0.3 is 0 Å². The third-order valence-electron chi connectivity index (χ3n) is 8.92. The summed E-state index contributed by atoms with van der Waals surface area (Å²) >= 11 is 12.2. The number of halogens is 3. The summed E-state index contributed by atoms with van der Waals surface area (Å²) in [5.74, 6) is 1.09. The molecule has 2 saturated heterocycles. The predicted octanol–water partition coefficient (Wildman–Crippen LogP) is 7.42. The molecule has 2 atom stereocenters. The summed E-state index contributed by atoms with van der Waals surface area (Å²) in [6.45, 7) is 9.68. The molecule has 1 amide bonds. The molecule has 0 saturated carbocycles. The molecule has 3 heterocycles. The topological polar surface area (TPSA) is 59.0 Å². The fraction of sp³-hybridized carbons (Fsp3) is 0.417. The smallest absolute Gasteiger partial charge is 0.253 e. The van der Waals surface area contributed by atoms with E-state index < -0.39 is 0 Å². The van der Waals surface area contributed by atoms with Crippen LogP contribution in [0.4, 0.5) is 4.39 Å². The number of hydrogen-bond acceptors (Lipinski definition) is 5. The summed E-state index contributed by atoms with van der Waals surface area (Å²) in [6, 6.07) is 18.6. The summed E-state index contributed by atoms with van der Waals surface area (Å²) < 4.78 is 27.4. The summed E-state index contributed by atoms with van der Waals surface area (Å²) in [5, 5.41) is 4.88. The van der Waals surface area contributed by atoms with Crippen LogP contribution < -0.4 is 14.8 Å². The second-order valence-electron chi connectivity index (χ2n) is 12.5. The second kappa shape index (κ2) is 14.6. The van der Waals surface area contributed by atoms with Gasteiger partial charge < -0.3 is 19.4 Å². The third-order valence-corrected chi connectivity index (χ3v) is 9.66. The van der Waals surface area contributed by atoms with Gasteiger partial charge in [0.1, 0.15) is 23.9 Å². The fourth-order valence-electron chi connectivity index (χ4n) is 6.83. The maximum Gasteiger partial charge on any atom is 0.253 e. The van der Waals surface area contributed by atoms with E-state index in [9.17, 15) is 9.18 Å². The molecular weight excluding hydrogens is 626 g/mol. The number of fused-ring (bicyclic) bond motifs is 3. The molecule has 1 N–H and O–H groups in total. The summed E-state index contributed by atoms with van der Waals surface area (Å²) in [6.07, 6.45) is 5.36. The minimum absolute atomic E-state index is 0.00823. The van der Waals surface area contributed by atoms with E-state index in [2.05, 4.69) is 19.7 Å². The Labute approximate surface area is 280 Å². The third kappa shape index (κ3) is 7.63. The van der Waals surface area contributed by atoms with E-state index in [1.165, 1.54) is 25.0 Å². The Hall–Kier alpha value is -3.30. The molecule has 3 aromatic carbocycles. The first kappa shape index (κ1) is 32.6. The molecule has 2 aliphatic rings. The summed E-state index contributed by atoms with van der Waals surface area (Å²) in [5.41, 5.74) is 2.45. The van der Waals surface area contributed by atoms with E-state index in [4.69, 9.17) is 32.7 Å². The van der Waals surface area contributed by atoms with E-state index in [0.717, 1.165) is 61.4 Å². The quantitative estimate of drug-likeness (QED) is 0.161. The average molecular weight is 668 g/mol. The first-order valence-electron chi connectivity index (χ1n) is 16.1. The molecule has 0 spiro atoms. The van der Waals surface area contributed by atoms with Crippen LogP contribution >= 0.6 is 23.2 Å². The first-order chi connectivity index (χ1) is 22.2. The van der Waals surface area contributed by atoms with Gasteiger partial charge in [0.15, 0.2) is 0 Å². The van der Waals surface area contributed by atoms with Crippen LogP contribution in [0.3, 0.4) is 0 Å². The number of aryl methyl sites for hydroxylation is 1. The van der Waals surface area contributed by atoms with Crippen LogP contribution in [0.1, 0.15) is 49.0 Å². The van der Waals surface area contributed by atoms with Crippen LogP contribution in [-0.4, -0.2) is 71.2 Å². The molecule has 2 fully saturated rings. The number of hydrogen-bond donors (Lipinski definition) is 1. The maximum atomic E-state index is 13.5. The van der Waals surface area contributed by atoms with Crippen LogP contribution in [0.15, 0.2) is 66.9 Å². The molecule has 2 bridgehead atoms. The molecule has 7 nitrogen and oxygen atoms in total. The van der Waals surface area contributed by atoms with Crippen molar-refractivity contribution in [2.24, 2.45) is 0 Å². The van der Waals surface area contributed by atoms with Gasteiger partial charge in [-0.2, -0.15) is 0 Å². The first-order valence-corrected chi connectivity index (χ1v) is 16.9. The normalized spacial score (nSPS) is 18.4. The predicted molar refractivity (Wildman–Crippen MR) is 182 cm³/mol. The van der Waals surface area contributed by atoms with Gasteiger partial charge in [-0.15, -0.1) is 0 Å². The lowest BCUT2D eigenvalue weighted by Gasteiger charge is -2.41. The van der Waals surface area contributed by atoms with Gasteiger partial charge in [-0.3, -0.25) is 14.6 Å². The molecule has 0 radical (unpaired) electrons. The number of likely N-dealkylation sites (tertiary alicyclic amines) is 1. The zero-order valence-electron chi connectivity index (χ0n) is 26.4. The van der Waals surface area contributed by atoms with Crippen molar-refractivity contribution in [1.82, 2.24) is 19.7 Å². The Kier molecular flexibility index (Phi) is 10.4. The molecule has 6 rings (SSSR count). The highest BCUT2D eigenvalue weighted by atomic mass is 35.5. The zero-order valence-corrected chi connectivity index (χ0v) is 27.9. The van der Waals surface area contributed by atoms with Crippen molar-refractivity contribution < 1.29 is 18.7 Å². The Morgan fingerprint density at radius 1 is 0.978 bits per heavy atom. The number of para-hydroxylation sites is 1. The van der Waals surface area contributed by atoms with Gasteiger partial charge in [0.05, 0.1) is 27.2 Å². The van der Waals surface area contributed by atoms with Crippen LogP contribution in [-0.2, 0) is 13.1 Å². The molecule has 4 aromatic rings. The molecule has 10 heteroatoms. The fourth-order valence-corrected chi connectivity index (χ4v) is 7.15. The van der Waals surface area contributed by atoms with E-state index in [1.807, 2.05) is 44.3 Å². The average Bonchev–Trinajstić information content (AvgIpc) is 3.52. The van der Waals surface area contributed by atoms with Crippen LogP contribution in [0.25, 0.3) is 10.9 Å². The van der Waals surface area contributed by atoms with Crippen molar-refractivity contribution in [2.75, 3.05) is 32.8 Å². The van der Waals surface area contributed by atoms with Crippen molar-refractivity contribution >= 4 is 40.0 Å². The highest BCUT2D eigenvalue weighted by Gasteiger charge is 2.39. The number of piperazine rings is 1. The van der Waals surface area contributed by atoms with Crippen molar-refractivity contribution in [3.8, 4) is 11.5 Å². The Balaban J connectivity index is 1.09. The number of ether oxygens (including phenoxy) is 2. The monoisotopic (exact) mass is 666 g/mol. The molecule has 1 aromatic heterocycles. The molecule has 2 unspecified atom stereocenters. The lowest BCUT2D eigenvalue weighted by atomic mass is 10.1. The van der Waals surface area contributed by atoms with Gasteiger partial charge in [-0.05, 0) is 81.1 Å². The Morgan fingerprint density at radius 3 is 2.46 bits per heavy atom. The van der Waals surface area contributed by atoms with Gasteiger partial charge in [-0.1, -0.05) is 41.4 Å². The van der Waals surface area contributed by atoms with Gasteiger partial charge in [-0.25, -0.2) is 4.39 Å². The van der Waals surface area contributed by atoms with E-state index >= 15 is 0 Å². The van der Waals surface area contributed by atoms with E-state index in [-0.39, 0.29) is 17.8 Å². The summed E-state index contributed by atoms with van der Waals surface area (Å²) in [7, 11) is 0. The second-order valence-corrected chi connectivity index (χ2v) is 13.3. The van der Waals surface area contributed by atoms with Crippen molar-refractivity contribution in [1.29, 1.82) is 0 Å². The molecule has 46 heavy (non-hydrogen) atoms. The minimum Gasteiger partial charge on any atom is -0.492 e. The standard InChI is InChI=1S/C36H41Cl2FN4O3/c1-24(2)46-34-6-3-5-30-31(36(44)40-20-25-7-14-32(37)33(38)19-25)23-42(35(30)34)15-4-16-43-27-10-11-28(43)22-41(21-27)17-18-45-29-12-8-26(39)9-13-29/h3,5-9,12-14,19,23-24,27-28H,4,10-11,15-18,20-22H2,1-2H3,(H,40,44). The number of carbonyl (C=O) groups is 1. The number of benzene rings is 3. The molecular formula is C36H41Cl2FN4O3. The maximum absolute atomic E-state index is 13.5. The lowest BCUT2D eigenvalue weighted by molar-refractivity contribution is 0.0574. The number of rotatable bonds is 13. The lowest BCUT2D eigenvalue weighted by Crippen LogP contribution is -2.54. The minimum atomic E-state index is -0.253. The van der Waals surface area contributed by atoms with Gasteiger partial charge in [0.2, 0.25) is 0 Å². The Morgan fingerprint density at radius 2 is 1.74 bits per heavy atom. The summed E-state index contributed by atoms with van der Waals surface area (Å²) in [4.78, 5) is 18.7. The SMILES string of the molecule is CC(C)Oc1cccc2c(C(=O)NCc3ccc(Cl)c(Cl)c3)cn(CCCN3C4CCC3CN(CCOc3ccc(F)cc3)C4)c12. The highest BCUT2D eigenvalue weighted by Crippen LogP contribution is 2.33.